The zero-order valence-corrected chi connectivity index (χ0v) is 29.3. The zero-order valence-electron chi connectivity index (χ0n) is 28.3. The number of hydrogen-bond acceptors (Lipinski definition) is 3. The second kappa shape index (κ2) is 15.9. The van der Waals surface area contributed by atoms with Gasteiger partial charge in [0.25, 0.3) is 0 Å². The minimum Gasteiger partial charge on any atom is -0.415 e. The van der Waals surface area contributed by atoms with Gasteiger partial charge in [-0.25, -0.2) is 4.79 Å². The van der Waals surface area contributed by atoms with Gasteiger partial charge in [0.1, 0.15) is 6.10 Å². The average Bonchev–Trinajstić information content (AvgIpc) is 3.37. The normalized spacial score (nSPS) is 18.4. The van der Waals surface area contributed by atoms with Gasteiger partial charge in [0.05, 0.1) is 12.6 Å². The molecule has 1 N–H and O–H groups in total. The summed E-state index contributed by atoms with van der Waals surface area (Å²) in [6.45, 7) is 13.9. The summed E-state index contributed by atoms with van der Waals surface area (Å²) in [5, 5.41) is 3.23. The first-order valence-electron chi connectivity index (χ1n) is 16.8. The molecule has 0 aliphatic carbocycles. The van der Waals surface area contributed by atoms with Gasteiger partial charge in [0.15, 0.2) is 14.0 Å². The maximum Gasteiger partial charge on any atom is 0.325 e. The average molecular weight is 627 g/mol. The molecule has 0 spiro atoms. The standard InChI is InChI=1S/C39H54N2O3Si/c1-7-8-9-10-11-12-13-23-30-36-35(31-43-45(5,6)38(2,3)4)41(37(42)40-34-28-21-16-22-29-34)39(44-36,32-24-17-14-18-25-32)33-26-19-15-20-27-33/h14-30,35-36H,7-13,31H2,1-6H3,(H,40,42)/b30-23+/t35-,36-/m0/s1. The number of amides is 2. The smallest absolute Gasteiger partial charge is 0.325 e. The van der Waals surface area contributed by atoms with Crippen LogP contribution < -0.4 is 5.32 Å². The zero-order chi connectivity index (χ0) is 32.3. The Kier molecular flexibility index (Phi) is 12.2. The van der Waals surface area contributed by atoms with Crippen LogP contribution in [-0.2, 0) is 14.9 Å². The Morgan fingerprint density at radius 1 is 0.867 bits per heavy atom. The minimum absolute atomic E-state index is 0.0304. The highest BCUT2D eigenvalue weighted by atomic mass is 28.4. The summed E-state index contributed by atoms with van der Waals surface area (Å²) in [5.41, 5.74) is 1.40. The molecule has 0 saturated carbocycles. The number of carbonyl (C=O) groups excluding carboxylic acids is 1. The molecule has 3 aromatic carbocycles. The first-order valence-corrected chi connectivity index (χ1v) is 19.8. The van der Waals surface area contributed by atoms with Crippen molar-refractivity contribution >= 4 is 20.0 Å². The van der Waals surface area contributed by atoms with Crippen molar-refractivity contribution in [3.63, 3.8) is 0 Å². The molecule has 1 aliphatic rings. The summed E-state index contributed by atoms with van der Waals surface area (Å²) in [6.07, 6.45) is 12.6. The molecular weight excluding hydrogens is 573 g/mol. The quantitative estimate of drug-likeness (QED) is 0.110. The summed E-state index contributed by atoms with van der Waals surface area (Å²) in [5.74, 6) is 0. The van der Waals surface area contributed by atoms with Crippen molar-refractivity contribution in [2.24, 2.45) is 0 Å². The Balaban J connectivity index is 1.78. The summed E-state index contributed by atoms with van der Waals surface area (Å²) in [6, 6.07) is 29.4. The summed E-state index contributed by atoms with van der Waals surface area (Å²) in [4.78, 5) is 16.5. The molecule has 4 rings (SSSR count). The molecule has 0 unspecified atom stereocenters. The van der Waals surface area contributed by atoms with E-state index in [0.717, 1.165) is 29.7 Å². The predicted molar refractivity (Wildman–Crippen MR) is 190 cm³/mol. The van der Waals surface area contributed by atoms with E-state index in [0.29, 0.717) is 6.61 Å². The summed E-state index contributed by atoms with van der Waals surface area (Å²) < 4.78 is 14.1. The van der Waals surface area contributed by atoms with E-state index in [2.05, 4.69) is 82.5 Å². The number of allylic oxidation sites excluding steroid dienone is 1. The molecule has 1 saturated heterocycles. The third-order valence-corrected chi connectivity index (χ3v) is 13.9. The van der Waals surface area contributed by atoms with E-state index in [1.54, 1.807) is 0 Å². The largest absolute Gasteiger partial charge is 0.415 e. The van der Waals surface area contributed by atoms with Crippen molar-refractivity contribution in [2.45, 2.75) is 109 Å². The Hall–Kier alpha value is -3.19. The van der Waals surface area contributed by atoms with E-state index in [9.17, 15) is 4.79 Å². The van der Waals surface area contributed by atoms with Crippen molar-refractivity contribution < 1.29 is 14.0 Å². The van der Waals surface area contributed by atoms with Crippen LogP contribution in [0.2, 0.25) is 18.1 Å². The SMILES string of the molecule is CCCCCCCC/C=C/[C@@H]1OC(c2ccccc2)(c2ccccc2)N(C(=O)Nc2ccccc2)[C@H]1CO[Si](C)(C)C(C)(C)C. The molecule has 1 fully saturated rings. The Labute approximate surface area is 273 Å². The van der Waals surface area contributed by atoms with Crippen molar-refractivity contribution in [3.8, 4) is 0 Å². The molecule has 0 radical (unpaired) electrons. The van der Waals surface area contributed by atoms with Crippen molar-refractivity contribution in [3.05, 3.63) is 114 Å². The van der Waals surface area contributed by atoms with Crippen LogP contribution in [-0.4, -0.2) is 38.0 Å². The Morgan fingerprint density at radius 2 is 1.40 bits per heavy atom. The van der Waals surface area contributed by atoms with Crippen LogP contribution in [0.4, 0.5) is 10.5 Å². The molecule has 3 aromatic rings. The Morgan fingerprint density at radius 3 is 1.96 bits per heavy atom. The molecule has 1 heterocycles. The highest BCUT2D eigenvalue weighted by molar-refractivity contribution is 6.74. The van der Waals surface area contributed by atoms with Crippen LogP contribution in [0.25, 0.3) is 0 Å². The van der Waals surface area contributed by atoms with E-state index in [-0.39, 0.29) is 23.2 Å². The highest BCUT2D eigenvalue weighted by Crippen LogP contribution is 2.47. The topological polar surface area (TPSA) is 50.8 Å². The number of nitrogens with zero attached hydrogens (tertiary/aromatic N) is 1. The van der Waals surface area contributed by atoms with Gasteiger partial charge in [-0.2, -0.15) is 0 Å². The molecule has 0 bridgehead atoms. The number of carbonyl (C=O) groups is 1. The van der Waals surface area contributed by atoms with Gasteiger partial charge >= 0.3 is 6.03 Å². The first kappa shape index (κ1) is 34.7. The molecule has 1 aliphatic heterocycles. The number of benzene rings is 3. The molecule has 6 heteroatoms. The van der Waals surface area contributed by atoms with Crippen LogP contribution in [0.3, 0.4) is 0 Å². The number of rotatable bonds is 14. The van der Waals surface area contributed by atoms with Crippen LogP contribution in [0.15, 0.2) is 103 Å². The first-order chi connectivity index (χ1) is 21.6. The molecule has 242 valence electrons. The Bertz CT molecular complexity index is 1300. The van der Waals surface area contributed by atoms with E-state index < -0.39 is 14.0 Å². The predicted octanol–water partition coefficient (Wildman–Crippen LogP) is 10.5. The number of hydrogen-bond donors (Lipinski definition) is 1. The number of urea groups is 1. The number of unbranched alkanes of at least 4 members (excludes halogenated alkanes) is 6. The molecule has 2 amide bonds. The number of ether oxygens (including phenoxy) is 1. The number of para-hydroxylation sites is 1. The lowest BCUT2D eigenvalue weighted by Gasteiger charge is -2.41. The van der Waals surface area contributed by atoms with Crippen molar-refractivity contribution in [1.29, 1.82) is 0 Å². The fourth-order valence-electron chi connectivity index (χ4n) is 5.74. The third kappa shape index (κ3) is 8.54. The van der Waals surface area contributed by atoms with Crippen LogP contribution in [0.1, 0.15) is 83.8 Å². The number of nitrogens with one attached hydrogen (secondary N) is 1. The lowest BCUT2D eigenvalue weighted by molar-refractivity contribution is -0.0496. The second-order valence-electron chi connectivity index (χ2n) is 13.7. The molecule has 5 nitrogen and oxygen atoms in total. The second-order valence-corrected chi connectivity index (χ2v) is 18.6. The fraction of sp³-hybridized carbons (Fsp3) is 0.462. The lowest BCUT2D eigenvalue weighted by atomic mass is 9.92. The van der Waals surface area contributed by atoms with Gasteiger partial charge in [-0.15, -0.1) is 0 Å². The monoisotopic (exact) mass is 626 g/mol. The van der Waals surface area contributed by atoms with E-state index in [4.69, 9.17) is 9.16 Å². The molecule has 0 aromatic heterocycles. The van der Waals surface area contributed by atoms with Crippen LogP contribution in [0, 0.1) is 0 Å². The summed E-state index contributed by atoms with van der Waals surface area (Å²) in [7, 11) is -2.14. The summed E-state index contributed by atoms with van der Waals surface area (Å²) >= 11 is 0. The van der Waals surface area contributed by atoms with Crippen molar-refractivity contribution in [2.75, 3.05) is 11.9 Å². The van der Waals surface area contributed by atoms with E-state index >= 15 is 0 Å². The highest BCUT2D eigenvalue weighted by Gasteiger charge is 2.57. The fourth-order valence-corrected chi connectivity index (χ4v) is 6.76. The van der Waals surface area contributed by atoms with Crippen LogP contribution in [0.5, 0.6) is 0 Å². The maximum absolute atomic E-state index is 14.6. The van der Waals surface area contributed by atoms with Gasteiger partial charge in [0, 0.05) is 16.8 Å². The van der Waals surface area contributed by atoms with Crippen LogP contribution >= 0.6 is 0 Å². The van der Waals surface area contributed by atoms with Gasteiger partial charge in [-0.05, 0) is 43.1 Å². The van der Waals surface area contributed by atoms with E-state index in [1.807, 2.05) is 71.6 Å². The molecule has 2 atom stereocenters. The molecular formula is C39H54N2O3Si. The van der Waals surface area contributed by atoms with Gasteiger partial charge in [0.2, 0.25) is 0 Å². The minimum atomic E-state index is -2.14. The number of anilines is 1. The van der Waals surface area contributed by atoms with E-state index in [1.165, 1.54) is 32.1 Å². The third-order valence-electron chi connectivity index (χ3n) is 9.40. The lowest BCUT2D eigenvalue weighted by Crippen LogP contribution is -2.54. The van der Waals surface area contributed by atoms with Gasteiger partial charge in [-0.1, -0.05) is 151 Å². The maximum atomic E-state index is 14.6. The van der Waals surface area contributed by atoms with Crippen molar-refractivity contribution in [1.82, 2.24) is 4.90 Å². The van der Waals surface area contributed by atoms with Gasteiger partial charge in [-0.3, -0.25) is 4.90 Å². The molecule has 45 heavy (non-hydrogen) atoms. The van der Waals surface area contributed by atoms with Gasteiger partial charge < -0.3 is 14.5 Å².